The maximum absolute atomic E-state index is 12.5. The number of carbonyl (C=O) groups is 1. The molecule has 4 heteroatoms. The second-order valence-electron chi connectivity index (χ2n) is 7.37. The zero-order chi connectivity index (χ0) is 18.1. The van der Waals surface area contributed by atoms with E-state index < -0.39 is 0 Å². The molecule has 0 bridgehead atoms. The highest BCUT2D eigenvalue weighted by Crippen LogP contribution is 2.44. The van der Waals surface area contributed by atoms with Crippen molar-refractivity contribution in [3.8, 4) is 11.1 Å². The molecule has 1 amide bonds. The van der Waals surface area contributed by atoms with Crippen LogP contribution < -0.4 is 0 Å². The second kappa shape index (κ2) is 7.12. The van der Waals surface area contributed by atoms with Crippen LogP contribution in [0.15, 0.2) is 48.5 Å². The number of hydrogen-bond acceptors (Lipinski definition) is 3. The predicted octanol–water partition coefficient (Wildman–Crippen LogP) is 4.03. The van der Waals surface area contributed by atoms with E-state index in [1.54, 1.807) is 4.90 Å². The molecule has 2 aliphatic rings. The van der Waals surface area contributed by atoms with Crippen molar-refractivity contribution in [2.45, 2.75) is 31.8 Å². The van der Waals surface area contributed by atoms with Crippen molar-refractivity contribution < 1.29 is 14.6 Å². The zero-order valence-electron chi connectivity index (χ0n) is 15.1. The number of fused-ring (bicyclic) bond motifs is 3. The summed E-state index contributed by atoms with van der Waals surface area (Å²) in [5.74, 6) is 0.383. The van der Waals surface area contributed by atoms with E-state index in [2.05, 4.69) is 36.4 Å². The van der Waals surface area contributed by atoms with Crippen LogP contribution in [0.4, 0.5) is 4.79 Å². The molecule has 2 aromatic carbocycles. The lowest BCUT2D eigenvalue weighted by atomic mass is 9.92. The quantitative estimate of drug-likeness (QED) is 0.908. The van der Waals surface area contributed by atoms with Gasteiger partial charge < -0.3 is 14.7 Å². The van der Waals surface area contributed by atoms with Crippen LogP contribution in [0.5, 0.6) is 0 Å². The number of aliphatic hydroxyl groups is 1. The Labute approximate surface area is 154 Å². The van der Waals surface area contributed by atoms with Crippen LogP contribution in [0.3, 0.4) is 0 Å². The van der Waals surface area contributed by atoms with Gasteiger partial charge in [-0.15, -0.1) is 0 Å². The minimum absolute atomic E-state index is 0.0985. The molecule has 26 heavy (non-hydrogen) atoms. The second-order valence-corrected chi connectivity index (χ2v) is 7.37. The lowest BCUT2D eigenvalue weighted by Gasteiger charge is -2.32. The first kappa shape index (κ1) is 17.1. The third kappa shape index (κ3) is 3.10. The summed E-state index contributed by atoms with van der Waals surface area (Å²) in [4.78, 5) is 14.3. The van der Waals surface area contributed by atoms with E-state index in [0.29, 0.717) is 19.7 Å². The highest BCUT2D eigenvalue weighted by Gasteiger charge is 2.31. The molecule has 0 aromatic heterocycles. The Morgan fingerprint density at radius 2 is 1.62 bits per heavy atom. The number of likely N-dealkylation sites (tertiary alicyclic amines) is 1. The van der Waals surface area contributed by atoms with Crippen LogP contribution >= 0.6 is 0 Å². The number of ether oxygens (including phenoxy) is 1. The number of carbonyl (C=O) groups excluding carboxylic acids is 1. The summed E-state index contributed by atoms with van der Waals surface area (Å²) in [5, 5.41) is 9.70. The summed E-state index contributed by atoms with van der Waals surface area (Å²) in [5.41, 5.74) is 4.94. The van der Waals surface area contributed by atoms with Gasteiger partial charge in [-0.2, -0.15) is 0 Å². The highest BCUT2D eigenvalue weighted by atomic mass is 16.6. The minimum Gasteiger partial charge on any atom is -0.448 e. The first-order valence-electron chi connectivity index (χ1n) is 9.43. The minimum atomic E-state index is -0.306. The van der Waals surface area contributed by atoms with Gasteiger partial charge in [-0.05, 0) is 47.9 Å². The number of benzene rings is 2. The largest absolute Gasteiger partial charge is 0.448 e. The van der Waals surface area contributed by atoms with Crippen LogP contribution in [0.2, 0.25) is 0 Å². The Hall–Kier alpha value is -2.33. The maximum Gasteiger partial charge on any atom is 0.409 e. The maximum atomic E-state index is 12.5. The summed E-state index contributed by atoms with van der Waals surface area (Å²) >= 11 is 0. The lowest BCUT2D eigenvalue weighted by Crippen LogP contribution is -2.41. The molecule has 1 atom stereocenters. The highest BCUT2D eigenvalue weighted by molar-refractivity contribution is 5.79. The number of amides is 1. The molecular weight excluding hydrogens is 326 g/mol. The summed E-state index contributed by atoms with van der Waals surface area (Å²) in [6.45, 7) is 3.51. The molecule has 136 valence electrons. The first-order chi connectivity index (χ1) is 12.6. The fourth-order valence-corrected chi connectivity index (χ4v) is 4.25. The van der Waals surface area contributed by atoms with Crippen LogP contribution in [-0.4, -0.2) is 41.9 Å². The van der Waals surface area contributed by atoms with Crippen LogP contribution in [0.25, 0.3) is 11.1 Å². The number of rotatable bonds is 3. The Kier molecular flexibility index (Phi) is 4.68. The third-order valence-electron chi connectivity index (χ3n) is 5.82. The smallest absolute Gasteiger partial charge is 0.409 e. The van der Waals surface area contributed by atoms with Gasteiger partial charge in [-0.1, -0.05) is 48.5 Å². The van der Waals surface area contributed by atoms with Gasteiger partial charge in [0.05, 0.1) is 6.10 Å². The summed E-state index contributed by atoms with van der Waals surface area (Å²) < 4.78 is 5.70. The van der Waals surface area contributed by atoms with E-state index in [1.165, 1.54) is 22.3 Å². The number of hydrogen-bond donors (Lipinski definition) is 1. The van der Waals surface area contributed by atoms with Crippen molar-refractivity contribution >= 4 is 6.09 Å². The van der Waals surface area contributed by atoms with Crippen molar-refractivity contribution in [3.05, 3.63) is 59.7 Å². The normalized spacial score (nSPS) is 18.3. The average molecular weight is 351 g/mol. The lowest BCUT2D eigenvalue weighted by molar-refractivity contribution is 0.0544. The molecule has 1 aliphatic heterocycles. The first-order valence-corrected chi connectivity index (χ1v) is 9.43. The molecule has 0 radical (unpaired) electrons. The predicted molar refractivity (Wildman–Crippen MR) is 101 cm³/mol. The topological polar surface area (TPSA) is 49.8 Å². The standard InChI is InChI=1S/C22H25NO3/c1-15(24)16-10-12-23(13-11-16)22(25)26-14-21-19-8-4-2-6-17(19)18-7-3-5-9-20(18)21/h2-9,15-16,21,24H,10-14H2,1H3/t15-/m0/s1. The Morgan fingerprint density at radius 3 is 2.15 bits per heavy atom. The Morgan fingerprint density at radius 1 is 1.08 bits per heavy atom. The summed E-state index contributed by atoms with van der Waals surface area (Å²) in [6.07, 6.45) is 1.12. The number of nitrogens with zero attached hydrogens (tertiary/aromatic N) is 1. The van der Waals surface area contributed by atoms with Crippen LogP contribution in [-0.2, 0) is 4.74 Å². The number of piperidine rings is 1. The Bertz CT molecular complexity index is 748. The molecule has 2 aromatic rings. The van der Waals surface area contributed by atoms with Gasteiger partial charge in [0.1, 0.15) is 6.61 Å². The summed E-state index contributed by atoms with van der Waals surface area (Å²) in [6, 6.07) is 16.7. The van der Waals surface area contributed by atoms with Crippen LogP contribution in [0.1, 0.15) is 36.8 Å². The Balaban J connectivity index is 1.43. The van der Waals surface area contributed by atoms with Gasteiger partial charge in [0.2, 0.25) is 0 Å². The van der Waals surface area contributed by atoms with Gasteiger partial charge in [0.15, 0.2) is 0 Å². The van der Waals surface area contributed by atoms with Crippen molar-refractivity contribution in [3.63, 3.8) is 0 Å². The van der Waals surface area contributed by atoms with E-state index >= 15 is 0 Å². The van der Waals surface area contributed by atoms with E-state index in [4.69, 9.17) is 4.74 Å². The monoisotopic (exact) mass is 351 g/mol. The van der Waals surface area contributed by atoms with Gasteiger partial charge in [0.25, 0.3) is 0 Å². The molecule has 1 N–H and O–H groups in total. The molecule has 1 saturated heterocycles. The number of aliphatic hydroxyl groups excluding tert-OH is 1. The molecule has 0 saturated carbocycles. The van der Waals surface area contributed by atoms with E-state index in [1.807, 2.05) is 19.1 Å². The molecule has 1 heterocycles. The fourth-order valence-electron chi connectivity index (χ4n) is 4.25. The van der Waals surface area contributed by atoms with Crippen LogP contribution in [0, 0.1) is 5.92 Å². The zero-order valence-corrected chi connectivity index (χ0v) is 15.1. The van der Waals surface area contributed by atoms with Crippen molar-refractivity contribution in [2.24, 2.45) is 5.92 Å². The third-order valence-corrected chi connectivity index (χ3v) is 5.82. The molecule has 1 aliphatic carbocycles. The van der Waals surface area contributed by atoms with Gasteiger partial charge in [-0.25, -0.2) is 4.79 Å². The molecule has 0 unspecified atom stereocenters. The molecule has 1 fully saturated rings. The fraction of sp³-hybridized carbons (Fsp3) is 0.409. The van der Waals surface area contributed by atoms with Gasteiger partial charge >= 0.3 is 6.09 Å². The summed E-state index contributed by atoms with van der Waals surface area (Å²) in [7, 11) is 0. The SMILES string of the molecule is C[C@H](O)C1CCN(C(=O)OCC2c3ccccc3-c3ccccc32)CC1. The molecule has 0 spiro atoms. The van der Waals surface area contributed by atoms with E-state index in [9.17, 15) is 9.90 Å². The van der Waals surface area contributed by atoms with E-state index in [-0.39, 0.29) is 24.0 Å². The van der Waals surface area contributed by atoms with Gasteiger partial charge in [-0.3, -0.25) is 0 Å². The average Bonchev–Trinajstić information content (AvgIpc) is 3.00. The van der Waals surface area contributed by atoms with Gasteiger partial charge in [0, 0.05) is 19.0 Å². The van der Waals surface area contributed by atoms with Crippen molar-refractivity contribution in [1.29, 1.82) is 0 Å². The molecule has 4 rings (SSSR count). The van der Waals surface area contributed by atoms with Crippen molar-refractivity contribution in [2.75, 3.05) is 19.7 Å². The van der Waals surface area contributed by atoms with Crippen molar-refractivity contribution in [1.82, 2.24) is 4.90 Å². The molecular formula is C22H25NO3. The molecule has 4 nitrogen and oxygen atoms in total. The van der Waals surface area contributed by atoms with E-state index in [0.717, 1.165) is 12.8 Å².